The van der Waals surface area contributed by atoms with Gasteiger partial charge >= 0.3 is 0 Å². The molecule has 0 unspecified atom stereocenters. The molecule has 2 rings (SSSR count). The fourth-order valence-corrected chi connectivity index (χ4v) is 2.36. The zero-order valence-electron chi connectivity index (χ0n) is 7.59. The zero-order valence-corrected chi connectivity index (χ0v) is 9.18. The van der Waals surface area contributed by atoms with Gasteiger partial charge in [-0.3, -0.25) is 4.90 Å². The first-order chi connectivity index (χ1) is 6.24. The van der Waals surface area contributed by atoms with E-state index in [4.69, 9.17) is 5.26 Å². The van der Waals surface area contributed by atoms with Gasteiger partial charge in [-0.25, -0.2) is 0 Å². The highest BCUT2D eigenvalue weighted by Gasteiger charge is 2.44. The summed E-state index contributed by atoms with van der Waals surface area (Å²) in [7, 11) is 0. The normalized spacial score (nSPS) is 26.3. The van der Waals surface area contributed by atoms with E-state index in [0.717, 1.165) is 38.9 Å². The van der Waals surface area contributed by atoms with Crippen LogP contribution in [0.15, 0.2) is 10.6 Å². The molecule has 1 saturated carbocycles. The summed E-state index contributed by atoms with van der Waals surface area (Å²) in [6.07, 6.45) is 5.53. The summed E-state index contributed by atoms with van der Waals surface area (Å²) < 4.78 is 1.27. The topological polar surface area (TPSA) is 27.0 Å². The third kappa shape index (κ3) is 2.12. The van der Waals surface area contributed by atoms with Crippen molar-refractivity contribution < 1.29 is 0 Å². The number of hydrogen-bond acceptors (Lipinski definition) is 2. The molecule has 0 N–H and O–H groups in total. The van der Waals surface area contributed by atoms with Gasteiger partial charge in [0.1, 0.15) is 0 Å². The maximum atomic E-state index is 8.95. The molecule has 0 saturated heterocycles. The third-order valence-corrected chi connectivity index (χ3v) is 3.38. The van der Waals surface area contributed by atoms with Crippen molar-refractivity contribution in [3.8, 4) is 6.07 Å². The second-order valence-electron chi connectivity index (χ2n) is 4.04. The minimum absolute atomic E-state index is 0.0185. The van der Waals surface area contributed by atoms with Crippen LogP contribution in [-0.4, -0.2) is 24.5 Å². The molecule has 13 heavy (non-hydrogen) atoms. The van der Waals surface area contributed by atoms with E-state index in [1.165, 1.54) is 4.48 Å². The van der Waals surface area contributed by atoms with E-state index in [9.17, 15) is 0 Å². The van der Waals surface area contributed by atoms with Crippen LogP contribution in [-0.2, 0) is 0 Å². The molecule has 0 spiro atoms. The van der Waals surface area contributed by atoms with Crippen LogP contribution in [0.25, 0.3) is 0 Å². The highest BCUT2D eigenvalue weighted by atomic mass is 79.9. The predicted octanol–water partition coefficient (Wildman–Crippen LogP) is 2.27. The summed E-state index contributed by atoms with van der Waals surface area (Å²) >= 11 is 3.52. The molecule has 2 aliphatic rings. The maximum absolute atomic E-state index is 8.95. The number of rotatable bonds is 2. The summed E-state index contributed by atoms with van der Waals surface area (Å²) in [5.74, 6) is 0. The smallest absolute Gasteiger partial charge is 0.0703 e. The Bertz CT molecular complexity index is 273. The SMILES string of the molecule is N#CC1(CN2CCC=C(Br)C2)CC1. The molecule has 0 aromatic heterocycles. The zero-order chi connectivity index (χ0) is 9.31. The van der Waals surface area contributed by atoms with Gasteiger partial charge in [-0.1, -0.05) is 22.0 Å². The van der Waals surface area contributed by atoms with Crippen molar-refractivity contribution in [3.63, 3.8) is 0 Å². The molecule has 0 bridgehead atoms. The van der Waals surface area contributed by atoms with Crippen LogP contribution in [0, 0.1) is 16.7 Å². The molecule has 3 heteroatoms. The highest BCUT2D eigenvalue weighted by molar-refractivity contribution is 9.11. The van der Waals surface area contributed by atoms with Crippen molar-refractivity contribution in [1.29, 1.82) is 5.26 Å². The Hall–Kier alpha value is -0.330. The van der Waals surface area contributed by atoms with Crippen LogP contribution in [0.3, 0.4) is 0 Å². The van der Waals surface area contributed by atoms with Gasteiger partial charge in [0, 0.05) is 24.1 Å². The van der Waals surface area contributed by atoms with Gasteiger partial charge in [0.25, 0.3) is 0 Å². The second kappa shape index (κ2) is 3.43. The Balaban J connectivity index is 1.90. The van der Waals surface area contributed by atoms with Crippen molar-refractivity contribution >= 4 is 15.9 Å². The van der Waals surface area contributed by atoms with Crippen LogP contribution in [0.5, 0.6) is 0 Å². The molecule has 1 aliphatic carbocycles. The fourth-order valence-electron chi connectivity index (χ4n) is 1.78. The molecule has 2 nitrogen and oxygen atoms in total. The average molecular weight is 241 g/mol. The van der Waals surface area contributed by atoms with Gasteiger partial charge in [0.05, 0.1) is 11.5 Å². The van der Waals surface area contributed by atoms with Crippen LogP contribution >= 0.6 is 15.9 Å². The summed E-state index contributed by atoms with van der Waals surface area (Å²) in [5, 5.41) is 8.95. The van der Waals surface area contributed by atoms with E-state index in [-0.39, 0.29) is 5.41 Å². The van der Waals surface area contributed by atoms with Crippen LogP contribution in [0.2, 0.25) is 0 Å². The number of halogens is 1. The third-order valence-electron chi connectivity index (χ3n) is 2.80. The Kier molecular flexibility index (Phi) is 2.44. The van der Waals surface area contributed by atoms with E-state index in [1.54, 1.807) is 0 Å². The van der Waals surface area contributed by atoms with Crippen LogP contribution in [0.1, 0.15) is 19.3 Å². The summed E-state index contributed by atoms with van der Waals surface area (Å²) in [5.41, 5.74) is 0.0185. The van der Waals surface area contributed by atoms with Crippen molar-refractivity contribution in [3.05, 3.63) is 10.6 Å². The van der Waals surface area contributed by atoms with Gasteiger partial charge in [-0.15, -0.1) is 0 Å². The summed E-state index contributed by atoms with van der Waals surface area (Å²) in [6.45, 7) is 3.06. The van der Waals surface area contributed by atoms with Crippen LogP contribution < -0.4 is 0 Å². The molecular weight excluding hydrogens is 228 g/mol. The van der Waals surface area contributed by atoms with Gasteiger partial charge in [-0.05, 0) is 19.3 Å². The fraction of sp³-hybridized carbons (Fsp3) is 0.700. The molecule has 0 aromatic rings. The number of hydrogen-bond donors (Lipinski definition) is 0. The average Bonchev–Trinajstić information content (AvgIpc) is 2.86. The predicted molar refractivity (Wildman–Crippen MR) is 55.3 cm³/mol. The lowest BCUT2D eigenvalue weighted by molar-refractivity contribution is 0.262. The summed E-state index contributed by atoms with van der Waals surface area (Å²) in [6, 6.07) is 2.44. The standard InChI is InChI=1S/C10H13BrN2/c11-9-2-1-5-13(6-9)8-10(7-12)3-4-10/h2H,1,3-6,8H2. The first kappa shape index (κ1) is 9.23. The van der Waals surface area contributed by atoms with Gasteiger partial charge in [0.15, 0.2) is 0 Å². The number of nitriles is 1. The quantitative estimate of drug-likeness (QED) is 0.741. The molecule has 1 fully saturated rings. The molecular formula is C10H13BrN2. The van der Waals surface area contributed by atoms with Crippen molar-refractivity contribution in [1.82, 2.24) is 4.90 Å². The molecule has 0 aromatic carbocycles. The number of nitrogens with zero attached hydrogens (tertiary/aromatic N) is 2. The first-order valence-electron chi connectivity index (χ1n) is 4.72. The first-order valence-corrected chi connectivity index (χ1v) is 5.52. The van der Waals surface area contributed by atoms with Crippen LogP contribution in [0.4, 0.5) is 0 Å². The molecule has 0 radical (unpaired) electrons. The highest BCUT2D eigenvalue weighted by Crippen LogP contribution is 2.45. The Labute approximate surface area is 87.3 Å². The maximum Gasteiger partial charge on any atom is 0.0703 e. The monoisotopic (exact) mass is 240 g/mol. The molecule has 70 valence electrons. The van der Waals surface area contributed by atoms with E-state index >= 15 is 0 Å². The van der Waals surface area contributed by atoms with Crippen molar-refractivity contribution in [2.45, 2.75) is 19.3 Å². The Morgan fingerprint density at radius 1 is 1.62 bits per heavy atom. The second-order valence-corrected chi connectivity index (χ2v) is 5.06. The van der Waals surface area contributed by atoms with Gasteiger partial charge in [-0.2, -0.15) is 5.26 Å². The van der Waals surface area contributed by atoms with E-state index in [1.807, 2.05) is 0 Å². The Morgan fingerprint density at radius 2 is 2.38 bits per heavy atom. The van der Waals surface area contributed by atoms with E-state index < -0.39 is 0 Å². The van der Waals surface area contributed by atoms with Gasteiger partial charge in [0.2, 0.25) is 0 Å². The van der Waals surface area contributed by atoms with Gasteiger partial charge < -0.3 is 0 Å². The van der Waals surface area contributed by atoms with Crippen molar-refractivity contribution in [2.24, 2.45) is 5.41 Å². The summed E-state index contributed by atoms with van der Waals surface area (Å²) in [4.78, 5) is 2.38. The molecule has 0 atom stereocenters. The van der Waals surface area contributed by atoms with E-state index in [2.05, 4.69) is 33.0 Å². The Morgan fingerprint density at radius 3 is 2.92 bits per heavy atom. The molecule has 1 heterocycles. The lowest BCUT2D eigenvalue weighted by Gasteiger charge is -2.26. The largest absolute Gasteiger partial charge is 0.297 e. The minimum atomic E-state index is 0.0185. The van der Waals surface area contributed by atoms with Crippen molar-refractivity contribution in [2.75, 3.05) is 19.6 Å². The molecule has 1 aliphatic heterocycles. The lowest BCUT2D eigenvalue weighted by atomic mass is 10.1. The molecule has 0 amide bonds. The lowest BCUT2D eigenvalue weighted by Crippen LogP contribution is -2.33. The minimum Gasteiger partial charge on any atom is -0.297 e. The van der Waals surface area contributed by atoms with E-state index in [0.29, 0.717) is 0 Å².